The summed E-state index contributed by atoms with van der Waals surface area (Å²) in [7, 11) is 0. The van der Waals surface area contributed by atoms with Crippen molar-refractivity contribution in [2.45, 2.75) is 25.9 Å². The Bertz CT molecular complexity index is 669. The lowest BCUT2D eigenvalue weighted by atomic mass is 10.0. The number of ether oxygens (including phenoxy) is 4. The predicted octanol–water partition coefficient (Wildman–Crippen LogP) is 3.56. The molecule has 0 amide bonds. The van der Waals surface area contributed by atoms with Crippen LogP contribution < -0.4 is 24.3 Å². The number of hydrogen-bond acceptors (Lipinski definition) is 5. The van der Waals surface area contributed by atoms with Crippen molar-refractivity contribution in [2.75, 3.05) is 13.6 Å². The van der Waals surface area contributed by atoms with E-state index in [1.54, 1.807) is 0 Å². The van der Waals surface area contributed by atoms with Crippen LogP contribution in [0.2, 0.25) is 0 Å². The molecule has 2 aromatic rings. The molecule has 0 saturated carbocycles. The number of rotatable bonds is 4. The third-order valence-electron chi connectivity index (χ3n) is 4.29. The lowest BCUT2D eigenvalue weighted by Crippen LogP contribution is -2.22. The van der Waals surface area contributed by atoms with E-state index < -0.39 is 0 Å². The minimum atomic E-state index is 0.185. The summed E-state index contributed by atoms with van der Waals surface area (Å²) in [6.45, 7) is 4.88. The van der Waals surface area contributed by atoms with Crippen LogP contribution in [0, 0.1) is 0 Å². The minimum absolute atomic E-state index is 0.185. The Morgan fingerprint density at radius 3 is 1.61 bits per heavy atom. The van der Waals surface area contributed by atoms with E-state index in [1.165, 1.54) is 11.1 Å². The number of fused-ring (bicyclic) bond motifs is 2. The molecule has 2 aromatic carbocycles. The zero-order valence-corrected chi connectivity index (χ0v) is 13.2. The van der Waals surface area contributed by atoms with Crippen molar-refractivity contribution in [1.82, 2.24) is 5.32 Å². The van der Waals surface area contributed by atoms with Crippen LogP contribution in [0.1, 0.15) is 37.1 Å². The van der Waals surface area contributed by atoms with Crippen molar-refractivity contribution in [3.05, 3.63) is 47.5 Å². The van der Waals surface area contributed by atoms with Crippen molar-refractivity contribution in [1.29, 1.82) is 0 Å². The van der Waals surface area contributed by atoms with Crippen LogP contribution in [0.15, 0.2) is 36.4 Å². The maximum absolute atomic E-state index is 5.45. The molecule has 0 radical (unpaired) electrons. The smallest absolute Gasteiger partial charge is 0.231 e. The molecule has 23 heavy (non-hydrogen) atoms. The first-order chi connectivity index (χ1) is 11.2. The third kappa shape index (κ3) is 2.68. The van der Waals surface area contributed by atoms with Gasteiger partial charge in [0.1, 0.15) is 0 Å². The van der Waals surface area contributed by atoms with Crippen molar-refractivity contribution in [3.8, 4) is 23.0 Å². The summed E-state index contributed by atoms with van der Waals surface area (Å²) in [5.41, 5.74) is 2.34. The quantitative estimate of drug-likeness (QED) is 0.935. The fraction of sp³-hybridized carbons (Fsp3) is 0.333. The second kappa shape index (κ2) is 5.66. The van der Waals surface area contributed by atoms with Gasteiger partial charge >= 0.3 is 0 Å². The summed E-state index contributed by atoms with van der Waals surface area (Å²) in [4.78, 5) is 0. The normalized spacial score (nSPS) is 17.1. The van der Waals surface area contributed by atoms with Gasteiger partial charge in [0, 0.05) is 12.1 Å². The van der Waals surface area contributed by atoms with Gasteiger partial charge in [0.25, 0.3) is 0 Å². The molecule has 0 bridgehead atoms. The Morgan fingerprint density at radius 2 is 1.13 bits per heavy atom. The van der Waals surface area contributed by atoms with Crippen LogP contribution in [0.5, 0.6) is 23.0 Å². The maximum Gasteiger partial charge on any atom is 0.231 e. The van der Waals surface area contributed by atoms with E-state index in [-0.39, 0.29) is 12.1 Å². The molecule has 1 N–H and O–H groups in total. The van der Waals surface area contributed by atoms with Gasteiger partial charge in [-0.1, -0.05) is 12.1 Å². The zero-order valence-electron chi connectivity index (χ0n) is 13.2. The molecule has 0 aromatic heterocycles. The fourth-order valence-corrected chi connectivity index (χ4v) is 2.93. The first kappa shape index (κ1) is 14.2. The Labute approximate surface area is 135 Å². The second-order valence-corrected chi connectivity index (χ2v) is 5.84. The first-order valence-corrected chi connectivity index (χ1v) is 7.76. The van der Waals surface area contributed by atoms with Gasteiger partial charge < -0.3 is 24.3 Å². The highest BCUT2D eigenvalue weighted by Crippen LogP contribution is 2.36. The van der Waals surface area contributed by atoms with Gasteiger partial charge in [-0.3, -0.25) is 0 Å². The molecular formula is C18H19NO4. The number of nitrogens with one attached hydrogen (secondary N) is 1. The third-order valence-corrected chi connectivity index (χ3v) is 4.29. The summed E-state index contributed by atoms with van der Waals surface area (Å²) in [5, 5.41) is 3.60. The second-order valence-electron chi connectivity index (χ2n) is 5.84. The summed E-state index contributed by atoms with van der Waals surface area (Å²) >= 11 is 0. The zero-order chi connectivity index (χ0) is 15.8. The average molecular weight is 313 g/mol. The van der Waals surface area contributed by atoms with Crippen molar-refractivity contribution in [2.24, 2.45) is 0 Å². The van der Waals surface area contributed by atoms with Crippen LogP contribution >= 0.6 is 0 Å². The van der Waals surface area contributed by atoms with Gasteiger partial charge in [-0.05, 0) is 49.2 Å². The summed E-state index contributed by atoms with van der Waals surface area (Å²) in [5.74, 6) is 3.24. The van der Waals surface area contributed by atoms with Crippen LogP contribution in [-0.4, -0.2) is 13.6 Å². The standard InChI is InChI=1S/C18H19NO4/c1-11(13-3-5-15-17(7-13)22-9-20-15)19-12(2)14-4-6-16-18(8-14)23-10-21-16/h3-8,11-12,19H,9-10H2,1-2H3. The molecular weight excluding hydrogens is 294 g/mol. The molecule has 2 aliphatic heterocycles. The van der Waals surface area contributed by atoms with Crippen molar-refractivity contribution < 1.29 is 18.9 Å². The van der Waals surface area contributed by atoms with E-state index in [4.69, 9.17) is 18.9 Å². The molecule has 2 aliphatic rings. The molecule has 5 nitrogen and oxygen atoms in total. The molecule has 120 valence electrons. The largest absolute Gasteiger partial charge is 0.454 e. The molecule has 4 rings (SSSR count). The Kier molecular flexibility index (Phi) is 3.50. The Hall–Kier alpha value is -2.40. The summed E-state index contributed by atoms with van der Waals surface area (Å²) < 4.78 is 21.6. The number of benzene rings is 2. The summed E-state index contributed by atoms with van der Waals surface area (Å²) in [6, 6.07) is 12.5. The van der Waals surface area contributed by atoms with E-state index in [0.29, 0.717) is 13.6 Å². The van der Waals surface area contributed by atoms with E-state index in [9.17, 15) is 0 Å². The van der Waals surface area contributed by atoms with E-state index in [1.807, 2.05) is 24.3 Å². The van der Waals surface area contributed by atoms with Gasteiger partial charge in [-0.25, -0.2) is 0 Å². The molecule has 0 spiro atoms. The van der Waals surface area contributed by atoms with Gasteiger partial charge in [-0.2, -0.15) is 0 Å². The highest BCUT2D eigenvalue weighted by molar-refractivity contribution is 5.46. The minimum Gasteiger partial charge on any atom is -0.454 e. The Balaban J connectivity index is 1.48. The van der Waals surface area contributed by atoms with Crippen molar-refractivity contribution in [3.63, 3.8) is 0 Å². The summed E-state index contributed by atoms with van der Waals surface area (Å²) in [6.07, 6.45) is 0. The number of hydrogen-bond donors (Lipinski definition) is 1. The highest BCUT2D eigenvalue weighted by atomic mass is 16.7. The van der Waals surface area contributed by atoms with Crippen molar-refractivity contribution >= 4 is 0 Å². The van der Waals surface area contributed by atoms with Crippen LogP contribution in [0.3, 0.4) is 0 Å². The lowest BCUT2D eigenvalue weighted by Gasteiger charge is -2.21. The molecule has 0 fully saturated rings. The van der Waals surface area contributed by atoms with Crippen LogP contribution in [0.25, 0.3) is 0 Å². The van der Waals surface area contributed by atoms with Gasteiger partial charge in [0.2, 0.25) is 13.6 Å². The topological polar surface area (TPSA) is 49.0 Å². The molecule has 0 saturated heterocycles. The molecule has 2 heterocycles. The van der Waals surface area contributed by atoms with E-state index in [0.717, 1.165) is 23.0 Å². The van der Waals surface area contributed by atoms with Gasteiger partial charge in [0.05, 0.1) is 0 Å². The fourth-order valence-electron chi connectivity index (χ4n) is 2.93. The maximum atomic E-state index is 5.45. The van der Waals surface area contributed by atoms with Crippen LogP contribution in [-0.2, 0) is 0 Å². The Morgan fingerprint density at radius 1 is 0.696 bits per heavy atom. The molecule has 0 aliphatic carbocycles. The molecule has 2 unspecified atom stereocenters. The van der Waals surface area contributed by atoms with Crippen LogP contribution in [0.4, 0.5) is 0 Å². The first-order valence-electron chi connectivity index (χ1n) is 7.76. The van der Waals surface area contributed by atoms with E-state index >= 15 is 0 Å². The monoisotopic (exact) mass is 313 g/mol. The van der Waals surface area contributed by atoms with Gasteiger partial charge in [-0.15, -0.1) is 0 Å². The SMILES string of the molecule is CC(NC(C)c1ccc2c(c1)OCO2)c1ccc2c(c1)OCO2. The molecule has 5 heteroatoms. The van der Waals surface area contributed by atoms with E-state index in [2.05, 4.69) is 31.3 Å². The highest BCUT2D eigenvalue weighted by Gasteiger charge is 2.19. The lowest BCUT2D eigenvalue weighted by molar-refractivity contribution is 0.173. The average Bonchev–Trinajstić information content (AvgIpc) is 3.21. The van der Waals surface area contributed by atoms with Gasteiger partial charge in [0.15, 0.2) is 23.0 Å². The molecule has 2 atom stereocenters. The predicted molar refractivity (Wildman–Crippen MR) is 85.1 cm³/mol.